The third kappa shape index (κ3) is 4.60. The highest BCUT2D eigenvalue weighted by Crippen LogP contribution is 2.24. The summed E-state index contributed by atoms with van der Waals surface area (Å²) in [4.78, 5) is 37.6. The fourth-order valence-electron chi connectivity index (χ4n) is 2.82. The van der Waals surface area contributed by atoms with Crippen molar-refractivity contribution in [3.05, 3.63) is 0 Å². The van der Waals surface area contributed by atoms with Crippen molar-refractivity contribution < 1.29 is 27.6 Å². The van der Waals surface area contributed by atoms with Gasteiger partial charge in [-0.05, 0) is 13.8 Å². The van der Waals surface area contributed by atoms with Crippen LogP contribution >= 0.6 is 0 Å². The van der Waals surface area contributed by atoms with Crippen molar-refractivity contribution in [2.45, 2.75) is 31.6 Å². The van der Waals surface area contributed by atoms with Crippen LogP contribution in [0.4, 0.5) is 18.0 Å². The van der Waals surface area contributed by atoms with E-state index in [4.69, 9.17) is 0 Å². The third-order valence-electron chi connectivity index (χ3n) is 4.21. The number of nitrogens with one attached hydrogen (secondary N) is 3. The molecule has 2 aliphatic rings. The topological polar surface area (TPSA) is 93.8 Å². The van der Waals surface area contributed by atoms with Gasteiger partial charge < -0.3 is 16.0 Å². The summed E-state index contributed by atoms with van der Waals surface area (Å²) >= 11 is 0. The second-order valence-corrected chi connectivity index (χ2v) is 6.59. The van der Waals surface area contributed by atoms with E-state index in [1.54, 1.807) is 0 Å². The molecule has 0 spiro atoms. The summed E-state index contributed by atoms with van der Waals surface area (Å²) in [6.45, 7) is 3.05. The maximum absolute atomic E-state index is 13.2. The zero-order valence-corrected chi connectivity index (χ0v) is 14.1. The average Bonchev–Trinajstić information content (AvgIpc) is 2.69. The summed E-state index contributed by atoms with van der Waals surface area (Å²) in [5, 5.41) is 7.56. The van der Waals surface area contributed by atoms with Gasteiger partial charge in [0.1, 0.15) is 18.1 Å². The van der Waals surface area contributed by atoms with E-state index in [9.17, 15) is 27.6 Å². The Morgan fingerprint density at radius 3 is 2.36 bits per heavy atom. The predicted molar refractivity (Wildman–Crippen MR) is 81.6 cm³/mol. The molecule has 8 nitrogen and oxygen atoms in total. The molecule has 25 heavy (non-hydrogen) atoms. The number of amides is 4. The lowest BCUT2D eigenvalue weighted by atomic mass is 10.1. The number of nitrogens with zero attached hydrogens (tertiary/aromatic N) is 2. The summed E-state index contributed by atoms with van der Waals surface area (Å²) < 4.78 is 39.7. The summed E-state index contributed by atoms with van der Waals surface area (Å²) in [6, 6.07) is -2.54. The van der Waals surface area contributed by atoms with E-state index in [1.165, 1.54) is 18.7 Å². The van der Waals surface area contributed by atoms with Crippen LogP contribution in [-0.4, -0.2) is 84.7 Å². The van der Waals surface area contributed by atoms with Crippen molar-refractivity contribution in [2.24, 2.45) is 0 Å². The first-order valence-electron chi connectivity index (χ1n) is 7.94. The van der Waals surface area contributed by atoms with Crippen molar-refractivity contribution in [3.63, 3.8) is 0 Å². The van der Waals surface area contributed by atoms with Gasteiger partial charge >= 0.3 is 12.2 Å². The second kappa shape index (κ2) is 7.16. The van der Waals surface area contributed by atoms with Crippen LogP contribution in [-0.2, 0) is 9.59 Å². The van der Waals surface area contributed by atoms with E-state index in [2.05, 4.69) is 16.0 Å². The van der Waals surface area contributed by atoms with Gasteiger partial charge in [0.15, 0.2) is 0 Å². The Bertz CT molecular complexity index is 546. The molecule has 0 aromatic heterocycles. The minimum Gasteiger partial charge on any atom is -0.353 e. The minimum atomic E-state index is -4.49. The molecule has 0 aliphatic carbocycles. The summed E-state index contributed by atoms with van der Waals surface area (Å²) in [7, 11) is 0. The number of hydrogen-bond acceptors (Lipinski definition) is 5. The zero-order valence-electron chi connectivity index (χ0n) is 14.1. The van der Waals surface area contributed by atoms with Crippen LogP contribution in [0, 0.1) is 0 Å². The number of alkyl halides is 3. The maximum Gasteiger partial charge on any atom is 0.405 e. The smallest absolute Gasteiger partial charge is 0.353 e. The number of hydrogen-bond donors (Lipinski definition) is 3. The molecule has 1 atom stereocenters. The number of urea groups is 1. The van der Waals surface area contributed by atoms with E-state index in [0.717, 1.165) is 0 Å². The first kappa shape index (κ1) is 19.4. The molecule has 0 saturated carbocycles. The van der Waals surface area contributed by atoms with Crippen molar-refractivity contribution in [3.8, 4) is 0 Å². The Hall–Kier alpha value is -1.88. The van der Waals surface area contributed by atoms with Crippen LogP contribution in [0.15, 0.2) is 0 Å². The molecule has 1 unspecified atom stereocenters. The fraction of sp³-hybridized carbons (Fsp3) is 0.786. The van der Waals surface area contributed by atoms with E-state index < -0.39 is 48.7 Å². The molecule has 0 radical (unpaired) electrons. The van der Waals surface area contributed by atoms with Crippen LogP contribution in [0.2, 0.25) is 0 Å². The van der Waals surface area contributed by atoms with Crippen molar-refractivity contribution in [2.75, 3.05) is 39.3 Å². The molecule has 2 fully saturated rings. The predicted octanol–water partition coefficient (Wildman–Crippen LogP) is -0.731. The Labute approximate surface area is 143 Å². The highest BCUT2D eigenvalue weighted by atomic mass is 19.4. The Morgan fingerprint density at radius 2 is 1.88 bits per heavy atom. The number of rotatable bonds is 5. The van der Waals surface area contributed by atoms with Gasteiger partial charge in [0.25, 0.3) is 5.91 Å². The van der Waals surface area contributed by atoms with E-state index in [1.807, 2.05) is 0 Å². The molecule has 142 valence electrons. The molecule has 2 heterocycles. The lowest BCUT2D eigenvalue weighted by Gasteiger charge is -2.36. The lowest BCUT2D eigenvalue weighted by Crippen LogP contribution is -2.58. The molecular formula is C14H22F3N5O3. The molecule has 0 bridgehead atoms. The number of imide groups is 1. The van der Waals surface area contributed by atoms with Crippen LogP contribution in [0.1, 0.15) is 13.8 Å². The average molecular weight is 365 g/mol. The van der Waals surface area contributed by atoms with Gasteiger partial charge in [-0.15, -0.1) is 0 Å². The number of carbonyl (C=O) groups excluding carboxylic acids is 3. The van der Waals surface area contributed by atoms with E-state index in [-0.39, 0.29) is 13.1 Å². The van der Waals surface area contributed by atoms with Crippen molar-refractivity contribution in [1.29, 1.82) is 0 Å². The number of carbonyl (C=O) groups is 3. The van der Waals surface area contributed by atoms with Gasteiger partial charge in [0.05, 0.1) is 0 Å². The van der Waals surface area contributed by atoms with Gasteiger partial charge in [-0.2, -0.15) is 13.2 Å². The second-order valence-electron chi connectivity index (χ2n) is 6.59. The molecule has 2 rings (SSSR count). The normalized spacial score (nSPS) is 22.7. The van der Waals surface area contributed by atoms with E-state index >= 15 is 0 Å². The first-order valence-corrected chi connectivity index (χ1v) is 7.94. The molecule has 0 aromatic carbocycles. The van der Waals surface area contributed by atoms with Gasteiger partial charge in [-0.25, -0.2) is 4.79 Å². The monoisotopic (exact) mass is 365 g/mol. The summed E-state index contributed by atoms with van der Waals surface area (Å²) in [5.74, 6) is -1.41. The zero-order chi connectivity index (χ0) is 18.8. The molecular weight excluding hydrogens is 343 g/mol. The molecule has 4 amide bonds. The van der Waals surface area contributed by atoms with Crippen LogP contribution in [0.3, 0.4) is 0 Å². The molecule has 3 N–H and O–H groups in total. The summed E-state index contributed by atoms with van der Waals surface area (Å²) in [6.07, 6.45) is -4.49. The quantitative estimate of drug-likeness (QED) is 0.559. The van der Waals surface area contributed by atoms with Crippen LogP contribution in [0.5, 0.6) is 0 Å². The number of piperazine rings is 1. The molecule has 11 heteroatoms. The Balaban J connectivity index is 1.93. The lowest BCUT2D eigenvalue weighted by molar-refractivity contribution is -0.184. The van der Waals surface area contributed by atoms with Gasteiger partial charge in [-0.1, -0.05) is 0 Å². The summed E-state index contributed by atoms with van der Waals surface area (Å²) in [5.41, 5.74) is -1.13. The van der Waals surface area contributed by atoms with Crippen LogP contribution < -0.4 is 16.0 Å². The van der Waals surface area contributed by atoms with Crippen LogP contribution in [0.25, 0.3) is 0 Å². The highest BCUT2D eigenvalue weighted by molar-refractivity contribution is 6.08. The van der Waals surface area contributed by atoms with E-state index in [0.29, 0.717) is 18.0 Å². The maximum atomic E-state index is 13.2. The van der Waals surface area contributed by atoms with Gasteiger partial charge in [-0.3, -0.25) is 19.4 Å². The Kier molecular flexibility index (Phi) is 5.57. The van der Waals surface area contributed by atoms with Gasteiger partial charge in [0, 0.05) is 32.7 Å². The Morgan fingerprint density at radius 1 is 1.28 bits per heavy atom. The molecule has 2 saturated heterocycles. The van der Waals surface area contributed by atoms with Gasteiger partial charge in [0.2, 0.25) is 5.91 Å². The van der Waals surface area contributed by atoms with Crippen molar-refractivity contribution in [1.82, 2.24) is 25.8 Å². The molecule has 0 aromatic rings. The first-order chi connectivity index (χ1) is 11.5. The highest BCUT2D eigenvalue weighted by Gasteiger charge is 2.46. The fourth-order valence-corrected chi connectivity index (χ4v) is 2.82. The largest absolute Gasteiger partial charge is 0.405 e. The standard InChI is InChI=1S/C14H22F3N5O3/c1-13(2)11(24)22(12(25)20-13)8-10(23)19-7-9(14(15,16)17)21-5-3-18-4-6-21/h9,18H,3-8H2,1-2H3,(H,19,23)(H,20,25). The number of halogens is 3. The minimum absolute atomic E-state index is 0.223. The molecule has 2 aliphatic heterocycles. The SMILES string of the molecule is CC1(C)NC(=O)N(CC(=O)NCC(N2CCNCC2)C(F)(F)F)C1=O. The third-order valence-corrected chi connectivity index (χ3v) is 4.21. The van der Waals surface area contributed by atoms with Crippen molar-refractivity contribution >= 4 is 17.8 Å².